The number of hydrogen-bond acceptors (Lipinski definition) is 4. The van der Waals surface area contributed by atoms with Crippen LogP contribution in [-0.4, -0.2) is 48.4 Å². The summed E-state index contributed by atoms with van der Waals surface area (Å²) >= 11 is 0. The number of aromatic nitrogens is 1. The van der Waals surface area contributed by atoms with Crippen molar-refractivity contribution in [2.24, 2.45) is 0 Å². The highest BCUT2D eigenvalue weighted by Crippen LogP contribution is 2.26. The number of anilines is 2. The number of morpholine rings is 1. The molecule has 1 atom stereocenters. The summed E-state index contributed by atoms with van der Waals surface area (Å²) in [5, 5.41) is 12.1. The van der Waals surface area contributed by atoms with Gasteiger partial charge < -0.3 is 25.0 Å². The minimum atomic E-state index is -0.485. The Morgan fingerprint density at radius 1 is 1.30 bits per heavy atom. The van der Waals surface area contributed by atoms with Crippen LogP contribution in [0.4, 0.5) is 20.2 Å². The van der Waals surface area contributed by atoms with Gasteiger partial charge in [0.05, 0.1) is 18.2 Å². The molecule has 8 heteroatoms. The average molecular weight is 415 g/mol. The lowest BCUT2D eigenvalue weighted by Gasteiger charge is -2.34. The average Bonchev–Trinajstić information content (AvgIpc) is 3.18. The zero-order chi connectivity index (χ0) is 21.3. The molecule has 1 saturated heterocycles. The van der Waals surface area contributed by atoms with E-state index >= 15 is 0 Å². The van der Waals surface area contributed by atoms with Gasteiger partial charge in [-0.05, 0) is 49.2 Å². The topological polar surface area (TPSA) is 77.6 Å². The van der Waals surface area contributed by atoms with Crippen LogP contribution < -0.4 is 10.2 Å². The van der Waals surface area contributed by atoms with Gasteiger partial charge in [-0.25, -0.2) is 8.78 Å². The third kappa shape index (κ3) is 4.15. The number of fused-ring (bicyclic) bond motifs is 1. The van der Waals surface area contributed by atoms with Crippen LogP contribution in [-0.2, 0) is 4.74 Å². The van der Waals surface area contributed by atoms with Crippen molar-refractivity contribution in [3.63, 3.8) is 0 Å². The van der Waals surface area contributed by atoms with E-state index < -0.39 is 17.5 Å². The molecule has 2 aromatic carbocycles. The molecule has 3 aromatic rings. The van der Waals surface area contributed by atoms with Gasteiger partial charge in [-0.2, -0.15) is 0 Å². The highest BCUT2D eigenvalue weighted by Gasteiger charge is 2.21. The van der Waals surface area contributed by atoms with Crippen molar-refractivity contribution >= 4 is 28.2 Å². The molecule has 6 nitrogen and oxygen atoms in total. The second kappa shape index (κ2) is 8.41. The summed E-state index contributed by atoms with van der Waals surface area (Å²) in [4.78, 5) is 17.6. The number of aliphatic hydroxyl groups excluding tert-OH is 1. The number of carbonyl (C=O) groups is 1. The summed E-state index contributed by atoms with van der Waals surface area (Å²) in [6.07, 6.45) is 0.376. The van der Waals surface area contributed by atoms with E-state index in [1.165, 1.54) is 24.3 Å². The number of carbonyl (C=O) groups excluding carboxylic acids is 1. The molecule has 3 N–H and O–H groups in total. The fraction of sp³-hybridized carbons (Fsp3) is 0.318. The van der Waals surface area contributed by atoms with Crippen molar-refractivity contribution in [3.05, 3.63) is 59.3 Å². The van der Waals surface area contributed by atoms with Crippen LogP contribution in [0.5, 0.6) is 0 Å². The van der Waals surface area contributed by atoms with Crippen molar-refractivity contribution in [3.8, 4) is 0 Å². The Balaban J connectivity index is 1.55. The summed E-state index contributed by atoms with van der Waals surface area (Å²) in [5.41, 5.74) is 2.50. The van der Waals surface area contributed by atoms with E-state index in [-0.39, 0.29) is 18.4 Å². The molecule has 1 aliphatic heterocycles. The van der Waals surface area contributed by atoms with Crippen molar-refractivity contribution in [1.82, 2.24) is 4.98 Å². The number of aromatic amines is 1. The normalized spacial score (nSPS) is 16.8. The standard InChI is InChI=1S/C22H23F2N3O3/c1-13-2-3-19(24)18-11-20(26-21(13)18)22(29)25-15-8-14(23)9-16(10-15)27-5-7-30-17(12-27)4-6-28/h2-3,8-11,17,26,28H,4-7,12H2,1H3,(H,25,29). The highest BCUT2D eigenvalue weighted by molar-refractivity contribution is 6.06. The first kappa shape index (κ1) is 20.3. The van der Waals surface area contributed by atoms with Crippen LogP contribution in [0.25, 0.3) is 10.9 Å². The number of aliphatic hydroxyl groups is 1. The predicted octanol–water partition coefficient (Wildman–Crippen LogP) is 3.59. The van der Waals surface area contributed by atoms with Crippen LogP contribution in [0, 0.1) is 18.6 Å². The van der Waals surface area contributed by atoms with E-state index in [1.54, 1.807) is 12.1 Å². The first-order valence-electron chi connectivity index (χ1n) is 9.82. The number of nitrogens with one attached hydrogen (secondary N) is 2. The Hall–Kier alpha value is -2.97. The second-order valence-corrected chi connectivity index (χ2v) is 7.44. The van der Waals surface area contributed by atoms with E-state index in [0.29, 0.717) is 48.4 Å². The molecule has 4 rings (SSSR count). The van der Waals surface area contributed by atoms with Crippen LogP contribution in [0.1, 0.15) is 22.5 Å². The number of H-pyrrole nitrogens is 1. The number of nitrogens with zero attached hydrogens (tertiary/aromatic N) is 1. The summed E-state index contributed by atoms with van der Waals surface area (Å²) in [6.45, 7) is 3.43. The number of rotatable bonds is 5. The predicted molar refractivity (Wildman–Crippen MR) is 111 cm³/mol. The molecule has 1 amide bonds. The largest absolute Gasteiger partial charge is 0.396 e. The summed E-state index contributed by atoms with van der Waals surface area (Å²) < 4.78 is 33.9. The molecule has 2 heterocycles. The molecule has 0 radical (unpaired) electrons. The minimum Gasteiger partial charge on any atom is -0.396 e. The van der Waals surface area contributed by atoms with Gasteiger partial charge in [0.1, 0.15) is 17.3 Å². The Labute approximate surface area is 172 Å². The second-order valence-electron chi connectivity index (χ2n) is 7.44. The highest BCUT2D eigenvalue weighted by atomic mass is 19.1. The summed E-state index contributed by atoms with van der Waals surface area (Å²) in [5.74, 6) is -1.38. The number of halogens is 2. The zero-order valence-electron chi connectivity index (χ0n) is 16.5. The fourth-order valence-electron chi connectivity index (χ4n) is 3.75. The molecule has 30 heavy (non-hydrogen) atoms. The van der Waals surface area contributed by atoms with E-state index in [2.05, 4.69) is 10.3 Å². The maximum absolute atomic E-state index is 14.2. The number of benzene rings is 2. The van der Waals surface area contributed by atoms with Gasteiger partial charge in [0.25, 0.3) is 5.91 Å². The molecule has 1 aromatic heterocycles. The van der Waals surface area contributed by atoms with E-state index in [1.807, 2.05) is 11.8 Å². The minimum absolute atomic E-state index is 0.0214. The number of amides is 1. The van der Waals surface area contributed by atoms with Gasteiger partial charge >= 0.3 is 0 Å². The van der Waals surface area contributed by atoms with Crippen molar-refractivity contribution in [2.75, 3.05) is 36.5 Å². The molecular weight excluding hydrogens is 392 g/mol. The van der Waals surface area contributed by atoms with Gasteiger partial charge in [-0.15, -0.1) is 0 Å². The molecule has 158 valence electrons. The Bertz CT molecular complexity index is 1040. The lowest BCUT2D eigenvalue weighted by molar-refractivity contribution is 0.0247. The van der Waals surface area contributed by atoms with Gasteiger partial charge in [-0.3, -0.25) is 4.79 Å². The fourth-order valence-corrected chi connectivity index (χ4v) is 3.75. The lowest BCUT2D eigenvalue weighted by atomic mass is 10.1. The zero-order valence-corrected chi connectivity index (χ0v) is 16.5. The van der Waals surface area contributed by atoms with Gasteiger partial charge in [0, 0.05) is 36.5 Å². The maximum atomic E-state index is 14.2. The Morgan fingerprint density at radius 2 is 2.13 bits per heavy atom. The van der Waals surface area contributed by atoms with Crippen LogP contribution >= 0.6 is 0 Å². The molecule has 0 saturated carbocycles. The number of aryl methyl sites for hydroxylation is 1. The molecule has 1 fully saturated rings. The SMILES string of the molecule is Cc1ccc(F)c2cc(C(=O)Nc3cc(F)cc(N4CCOC(CCO)C4)c3)[nH]c12. The first-order valence-corrected chi connectivity index (χ1v) is 9.82. The van der Waals surface area contributed by atoms with Crippen molar-refractivity contribution in [1.29, 1.82) is 0 Å². The van der Waals surface area contributed by atoms with Crippen molar-refractivity contribution < 1.29 is 23.4 Å². The Kier molecular flexibility index (Phi) is 5.69. The molecule has 0 spiro atoms. The molecule has 0 bridgehead atoms. The third-order valence-electron chi connectivity index (χ3n) is 5.29. The van der Waals surface area contributed by atoms with Gasteiger partial charge in [-0.1, -0.05) is 6.07 Å². The quantitative estimate of drug-likeness (QED) is 0.595. The van der Waals surface area contributed by atoms with E-state index in [9.17, 15) is 13.6 Å². The number of hydrogen-bond donors (Lipinski definition) is 3. The van der Waals surface area contributed by atoms with Gasteiger partial charge in [0.15, 0.2) is 0 Å². The molecule has 1 aliphatic rings. The maximum Gasteiger partial charge on any atom is 0.272 e. The van der Waals surface area contributed by atoms with Gasteiger partial charge in [0.2, 0.25) is 0 Å². The smallest absolute Gasteiger partial charge is 0.272 e. The number of ether oxygens (including phenoxy) is 1. The molecular formula is C22H23F2N3O3. The summed E-state index contributed by atoms with van der Waals surface area (Å²) in [6, 6.07) is 8.78. The Morgan fingerprint density at radius 3 is 2.90 bits per heavy atom. The van der Waals surface area contributed by atoms with Crippen LogP contribution in [0.15, 0.2) is 36.4 Å². The van der Waals surface area contributed by atoms with E-state index in [4.69, 9.17) is 9.84 Å². The first-order chi connectivity index (χ1) is 14.4. The van der Waals surface area contributed by atoms with Crippen molar-refractivity contribution in [2.45, 2.75) is 19.4 Å². The molecule has 1 unspecified atom stereocenters. The summed E-state index contributed by atoms with van der Waals surface area (Å²) in [7, 11) is 0. The van der Waals surface area contributed by atoms with Crippen LogP contribution in [0.3, 0.4) is 0 Å². The molecule has 0 aliphatic carbocycles. The van der Waals surface area contributed by atoms with E-state index in [0.717, 1.165) is 5.56 Å². The van der Waals surface area contributed by atoms with Crippen LogP contribution in [0.2, 0.25) is 0 Å². The third-order valence-corrected chi connectivity index (χ3v) is 5.29. The monoisotopic (exact) mass is 415 g/mol. The lowest BCUT2D eigenvalue weighted by Crippen LogP contribution is -2.42.